The van der Waals surface area contributed by atoms with E-state index in [1.54, 1.807) is 0 Å². The van der Waals surface area contributed by atoms with Gasteiger partial charge in [-0.15, -0.1) is 0 Å². The summed E-state index contributed by atoms with van der Waals surface area (Å²) in [5.74, 6) is -2.26. The minimum Gasteiger partial charge on any atom is -0.477 e. The van der Waals surface area contributed by atoms with Gasteiger partial charge < -0.3 is 15.7 Å². The number of nitrogens with zero attached hydrogens (tertiary/aromatic N) is 3. The fraction of sp³-hybridized carbons (Fsp3) is 0.222. The highest BCUT2D eigenvalue weighted by atomic mass is 16.6. The third kappa shape index (κ3) is 2.90. The van der Waals surface area contributed by atoms with Crippen LogP contribution < -0.4 is 10.6 Å². The highest BCUT2D eigenvalue weighted by Crippen LogP contribution is 2.24. The van der Waals surface area contributed by atoms with E-state index in [4.69, 9.17) is 10.8 Å². The van der Waals surface area contributed by atoms with Crippen molar-refractivity contribution in [3.63, 3.8) is 0 Å². The van der Waals surface area contributed by atoms with Crippen LogP contribution in [0.5, 0.6) is 0 Å². The van der Waals surface area contributed by atoms with Crippen molar-refractivity contribution < 1.29 is 19.6 Å². The minimum absolute atomic E-state index is 0.223. The third-order valence-corrected chi connectivity index (χ3v) is 2.02. The van der Waals surface area contributed by atoms with Crippen LogP contribution in [0.15, 0.2) is 12.1 Å². The van der Waals surface area contributed by atoms with E-state index >= 15 is 0 Å². The number of carbonyl (C=O) groups excluding carboxylic acids is 1. The molecular formula is C9H10N4O5. The first kappa shape index (κ1) is 13.4. The van der Waals surface area contributed by atoms with Crippen molar-refractivity contribution in [3.8, 4) is 0 Å². The summed E-state index contributed by atoms with van der Waals surface area (Å²) in [6.07, 6.45) is 0. The van der Waals surface area contributed by atoms with Gasteiger partial charge in [-0.2, -0.15) is 0 Å². The standard InChI is InChI=1S/C9H10N4O5/c1-12(4-7(10)14)8-6(13(17)18)3-2-5(11-8)9(15)16/h2-3H,4H2,1H3,(H2,10,14)(H,15,16). The highest BCUT2D eigenvalue weighted by molar-refractivity contribution is 5.87. The molecule has 1 heterocycles. The van der Waals surface area contributed by atoms with Gasteiger partial charge in [-0.3, -0.25) is 14.9 Å². The van der Waals surface area contributed by atoms with Gasteiger partial charge in [0.05, 0.1) is 11.5 Å². The molecule has 0 bridgehead atoms. The molecule has 0 aliphatic carbocycles. The molecule has 0 aliphatic rings. The molecule has 1 rings (SSSR count). The van der Waals surface area contributed by atoms with Gasteiger partial charge in [-0.25, -0.2) is 9.78 Å². The number of anilines is 1. The molecule has 18 heavy (non-hydrogen) atoms. The second-order valence-electron chi connectivity index (χ2n) is 3.42. The molecule has 0 fully saturated rings. The van der Waals surface area contributed by atoms with Crippen LogP contribution in [0.25, 0.3) is 0 Å². The van der Waals surface area contributed by atoms with Gasteiger partial charge in [0.2, 0.25) is 11.7 Å². The van der Waals surface area contributed by atoms with E-state index in [-0.39, 0.29) is 18.1 Å². The number of rotatable bonds is 5. The first-order valence-corrected chi connectivity index (χ1v) is 4.71. The lowest BCUT2D eigenvalue weighted by Gasteiger charge is -2.16. The maximum atomic E-state index is 10.8. The Kier molecular flexibility index (Phi) is 3.77. The van der Waals surface area contributed by atoms with E-state index < -0.39 is 22.5 Å². The summed E-state index contributed by atoms with van der Waals surface area (Å²) in [6.45, 7) is -0.309. The van der Waals surface area contributed by atoms with Crippen molar-refractivity contribution >= 4 is 23.4 Å². The van der Waals surface area contributed by atoms with Gasteiger partial charge >= 0.3 is 11.7 Å². The highest BCUT2D eigenvalue weighted by Gasteiger charge is 2.22. The molecule has 0 saturated carbocycles. The molecule has 0 unspecified atom stereocenters. The van der Waals surface area contributed by atoms with Crippen molar-refractivity contribution in [2.45, 2.75) is 0 Å². The smallest absolute Gasteiger partial charge is 0.354 e. The van der Waals surface area contributed by atoms with Gasteiger partial charge in [0.15, 0.2) is 5.69 Å². The average molecular weight is 254 g/mol. The van der Waals surface area contributed by atoms with Gasteiger partial charge in [0, 0.05) is 13.1 Å². The first-order valence-electron chi connectivity index (χ1n) is 4.71. The molecule has 0 saturated heterocycles. The maximum Gasteiger partial charge on any atom is 0.354 e. The molecule has 9 nitrogen and oxygen atoms in total. The lowest BCUT2D eigenvalue weighted by atomic mass is 10.3. The Morgan fingerprint density at radius 1 is 1.56 bits per heavy atom. The molecular weight excluding hydrogens is 244 g/mol. The van der Waals surface area contributed by atoms with Crippen LogP contribution in [-0.2, 0) is 4.79 Å². The zero-order valence-corrected chi connectivity index (χ0v) is 9.36. The topological polar surface area (TPSA) is 140 Å². The van der Waals surface area contributed by atoms with E-state index in [2.05, 4.69) is 4.98 Å². The fourth-order valence-electron chi connectivity index (χ4n) is 1.29. The lowest BCUT2D eigenvalue weighted by Crippen LogP contribution is -2.31. The van der Waals surface area contributed by atoms with Crippen LogP contribution >= 0.6 is 0 Å². The number of aromatic carboxylic acids is 1. The zero-order valence-electron chi connectivity index (χ0n) is 9.36. The SMILES string of the molecule is CN(CC(N)=O)c1nc(C(=O)O)ccc1[N+](=O)[O-]. The first-order chi connectivity index (χ1) is 8.32. The number of nitrogens with two attached hydrogens (primary N) is 1. The van der Waals surface area contributed by atoms with Crippen LogP contribution in [0.3, 0.4) is 0 Å². The second kappa shape index (κ2) is 5.08. The number of likely N-dealkylation sites (N-methyl/N-ethyl adjacent to an activating group) is 1. The molecule has 3 N–H and O–H groups in total. The Balaban J connectivity index is 3.26. The molecule has 1 aromatic heterocycles. The number of hydrogen-bond acceptors (Lipinski definition) is 6. The molecule has 0 aliphatic heterocycles. The molecule has 0 radical (unpaired) electrons. The van der Waals surface area contributed by atoms with Crippen LogP contribution in [0.1, 0.15) is 10.5 Å². The van der Waals surface area contributed by atoms with Crippen molar-refractivity contribution in [3.05, 3.63) is 27.9 Å². The average Bonchev–Trinajstić information content (AvgIpc) is 2.26. The Labute approximate surface area is 101 Å². The number of amides is 1. The summed E-state index contributed by atoms with van der Waals surface area (Å²) in [5.41, 5.74) is 4.21. The maximum absolute atomic E-state index is 10.8. The predicted molar refractivity (Wildman–Crippen MR) is 60.3 cm³/mol. The summed E-state index contributed by atoms with van der Waals surface area (Å²) in [7, 11) is 1.35. The molecule has 1 amide bonds. The number of pyridine rings is 1. The molecule has 96 valence electrons. The molecule has 1 aromatic rings. The van der Waals surface area contributed by atoms with Crippen molar-refractivity contribution in [2.24, 2.45) is 5.73 Å². The summed E-state index contributed by atoms with van der Waals surface area (Å²) in [4.78, 5) is 36.3. The fourth-order valence-corrected chi connectivity index (χ4v) is 1.29. The second-order valence-corrected chi connectivity index (χ2v) is 3.42. The Bertz CT molecular complexity index is 516. The summed E-state index contributed by atoms with van der Waals surface area (Å²) in [6, 6.07) is 2.03. The summed E-state index contributed by atoms with van der Waals surface area (Å²) < 4.78 is 0. The van der Waals surface area contributed by atoms with Gasteiger partial charge in [-0.05, 0) is 6.07 Å². The molecule has 0 atom stereocenters. The summed E-state index contributed by atoms with van der Waals surface area (Å²) >= 11 is 0. The quantitative estimate of drug-likeness (QED) is 0.538. The largest absolute Gasteiger partial charge is 0.477 e. The van der Waals surface area contributed by atoms with E-state index in [1.807, 2.05) is 0 Å². The Morgan fingerprint density at radius 3 is 2.61 bits per heavy atom. The minimum atomic E-state index is -1.32. The number of carboxylic acid groups (broad SMARTS) is 1. The third-order valence-electron chi connectivity index (χ3n) is 2.02. The Morgan fingerprint density at radius 2 is 2.17 bits per heavy atom. The Hall–Kier alpha value is -2.71. The lowest BCUT2D eigenvalue weighted by molar-refractivity contribution is -0.384. The number of carbonyl (C=O) groups is 2. The van der Waals surface area contributed by atoms with Crippen molar-refractivity contribution in [1.82, 2.24) is 4.98 Å². The number of primary amides is 1. The van der Waals surface area contributed by atoms with Crippen LogP contribution in [0.4, 0.5) is 11.5 Å². The predicted octanol–water partition coefficient (Wildman–Crippen LogP) is -0.391. The van der Waals surface area contributed by atoms with E-state index in [1.165, 1.54) is 7.05 Å². The number of aromatic nitrogens is 1. The van der Waals surface area contributed by atoms with Crippen LogP contribution in [-0.4, -0.2) is 40.5 Å². The monoisotopic (exact) mass is 254 g/mol. The van der Waals surface area contributed by atoms with Gasteiger partial charge in [0.25, 0.3) is 0 Å². The van der Waals surface area contributed by atoms with Gasteiger partial charge in [0.1, 0.15) is 0 Å². The summed E-state index contributed by atoms with van der Waals surface area (Å²) in [5, 5.41) is 19.5. The number of nitro groups is 1. The zero-order chi connectivity index (χ0) is 13.9. The van der Waals surface area contributed by atoms with E-state index in [9.17, 15) is 19.7 Å². The van der Waals surface area contributed by atoms with Crippen LogP contribution in [0, 0.1) is 10.1 Å². The van der Waals surface area contributed by atoms with E-state index in [0.717, 1.165) is 17.0 Å². The molecule has 9 heteroatoms. The molecule has 0 spiro atoms. The molecule has 0 aromatic carbocycles. The van der Waals surface area contributed by atoms with Gasteiger partial charge in [-0.1, -0.05) is 0 Å². The number of hydrogen-bond donors (Lipinski definition) is 2. The van der Waals surface area contributed by atoms with Crippen molar-refractivity contribution in [2.75, 3.05) is 18.5 Å². The van der Waals surface area contributed by atoms with E-state index in [0.29, 0.717) is 0 Å². The van der Waals surface area contributed by atoms with Crippen molar-refractivity contribution in [1.29, 1.82) is 0 Å². The number of carboxylic acids is 1. The normalized spacial score (nSPS) is 9.83. The van der Waals surface area contributed by atoms with Crippen LogP contribution in [0.2, 0.25) is 0 Å².